The third-order valence-corrected chi connectivity index (χ3v) is 8.75. The monoisotopic (exact) mass is 711 g/mol. The van der Waals surface area contributed by atoms with Crippen molar-refractivity contribution in [1.82, 2.24) is 5.32 Å². The molecule has 0 aliphatic carbocycles. The quantitative estimate of drug-likeness (QED) is 0.0313. The van der Waals surface area contributed by atoms with Crippen LogP contribution >= 0.6 is 0 Å². The smallest absolute Gasteiger partial charge is 0.217 e. The topological polar surface area (TPSA) is 335 Å². The fraction of sp³-hybridized carbons (Fsp3) is 0.929. The maximum Gasteiger partial charge on any atom is 0.217 e. The first-order valence-corrected chi connectivity index (χ1v) is 15.9. The number of azide groups is 1. The summed E-state index contributed by atoms with van der Waals surface area (Å²) in [7, 11) is 0. The van der Waals surface area contributed by atoms with Crippen molar-refractivity contribution in [3.05, 3.63) is 10.4 Å². The van der Waals surface area contributed by atoms with Crippen LogP contribution in [0.5, 0.6) is 0 Å². The Labute approximate surface area is 280 Å². The van der Waals surface area contributed by atoms with Crippen LogP contribution in [0, 0.1) is 5.92 Å². The molecule has 3 saturated heterocycles. The van der Waals surface area contributed by atoms with Crippen molar-refractivity contribution < 1.29 is 84.0 Å². The Bertz CT molecular complexity index is 1130. The van der Waals surface area contributed by atoms with Gasteiger partial charge in [-0.15, -0.1) is 0 Å². The molecule has 3 heterocycles. The number of carbonyl (C=O) groups excluding carboxylic acids is 2. The van der Waals surface area contributed by atoms with E-state index in [-0.39, 0.29) is 19.6 Å². The Morgan fingerprint density at radius 1 is 1.08 bits per heavy atom. The molecule has 0 aromatic heterocycles. The van der Waals surface area contributed by atoms with Gasteiger partial charge in [0.05, 0.1) is 37.6 Å². The lowest BCUT2D eigenvalue weighted by molar-refractivity contribution is -0.391. The molecule has 3 rings (SSSR count). The van der Waals surface area contributed by atoms with Gasteiger partial charge in [0.2, 0.25) is 11.7 Å². The van der Waals surface area contributed by atoms with E-state index >= 15 is 0 Å². The lowest BCUT2D eigenvalue weighted by Crippen LogP contribution is -2.70. The molecule has 16 atom stereocenters. The minimum atomic E-state index is -2.84. The molecule has 0 spiro atoms. The number of carboxylic acids is 1. The normalized spacial score (nSPS) is 40.9. The predicted octanol–water partition coefficient (Wildman–Crippen LogP) is -5.14. The summed E-state index contributed by atoms with van der Waals surface area (Å²) in [4.78, 5) is 26.9. The minimum absolute atomic E-state index is 0.0173. The first-order valence-electron chi connectivity index (χ1n) is 15.9. The second-order valence-corrected chi connectivity index (χ2v) is 12.3. The van der Waals surface area contributed by atoms with Crippen molar-refractivity contribution in [3.63, 3.8) is 0 Å². The van der Waals surface area contributed by atoms with Crippen LogP contribution in [0.15, 0.2) is 5.11 Å². The van der Waals surface area contributed by atoms with Gasteiger partial charge in [0.25, 0.3) is 0 Å². The molecule has 0 aromatic carbocycles. The van der Waals surface area contributed by atoms with Gasteiger partial charge in [0.15, 0.2) is 12.6 Å². The lowest BCUT2D eigenvalue weighted by Gasteiger charge is -2.50. The number of hydrogen-bond acceptors (Lipinski definition) is 18. The first kappa shape index (κ1) is 41.1. The van der Waals surface area contributed by atoms with Crippen molar-refractivity contribution in [2.75, 3.05) is 26.4 Å². The number of amides is 1. The van der Waals surface area contributed by atoms with Crippen molar-refractivity contribution in [1.29, 1.82) is 0 Å². The molecule has 3 aliphatic rings. The number of carbonyl (C=O) groups is 2. The van der Waals surface area contributed by atoms with Crippen LogP contribution in [-0.2, 0) is 38.0 Å². The lowest BCUT2D eigenvalue weighted by atomic mass is 9.88. The number of nitrogens with one attached hydrogen (secondary N) is 1. The molecule has 0 radical (unpaired) electrons. The van der Waals surface area contributed by atoms with Crippen molar-refractivity contribution >= 4 is 11.9 Å². The van der Waals surface area contributed by atoms with Crippen LogP contribution in [0.1, 0.15) is 40.0 Å². The van der Waals surface area contributed by atoms with Gasteiger partial charge in [-0.1, -0.05) is 19.0 Å². The number of nitrogens with zero attached hydrogens (tertiary/aromatic N) is 3. The summed E-state index contributed by atoms with van der Waals surface area (Å²) >= 11 is 0. The number of aliphatic hydroxyl groups excluding tert-OH is 8. The van der Waals surface area contributed by atoms with E-state index in [4.69, 9.17) is 34.0 Å². The summed E-state index contributed by atoms with van der Waals surface area (Å²) in [5.74, 6) is -6.32. The largest absolute Gasteiger partial charge is 0.544 e. The molecule has 1 amide bonds. The van der Waals surface area contributed by atoms with Gasteiger partial charge in [0.1, 0.15) is 54.8 Å². The Balaban J connectivity index is 1.79. The highest BCUT2D eigenvalue weighted by atomic mass is 16.8. The van der Waals surface area contributed by atoms with Gasteiger partial charge in [0, 0.05) is 37.3 Å². The summed E-state index contributed by atoms with van der Waals surface area (Å²) in [6.45, 7) is 2.81. The second-order valence-electron chi connectivity index (χ2n) is 12.3. The van der Waals surface area contributed by atoms with Crippen molar-refractivity contribution in [3.8, 4) is 0 Å². The first-order chi connectivity index (χ1) is 23.1. The molecule has 21 heteroatoms. The van der Waals surface area contributed by atoms with Crippen LogP contribution in [0.3, 0.4) is 0 Å². The van der Waals surface area contributed by atoms with Crippen LogP contribution in [0.25, 0.3) is 10.4 Å². The van der Waals surface area contributed by atoms with Crippen LogP contribution in [0.4, 0.5) is 0 Å². The van der Waals surface area contributed by atoms with E-state index in [9.17, 15) is 55.5 Å². The Hall–Kier alpha value is -2.31. The predicted molar refractivity (Wildman–Crippen MR) is 156 cm³/mol. The maximum atomic E-state index is 12.4. The number of ether oxygens (including phenoxy) is 6. The van der Waals surface area contributed by atoms with Gasteiger partial charge >= 0.3 is 0 Å². The third-order valence-electron chi connectivity index (χ3n) is 8.75. The molecule has 0 aromatic rings. The molecular formula is C28H47N4O17-. The highest BCUT2D eigenvalue weighted by Gasteiger charge is 2.54. The van der Waals surface area contributed by atoms with Gasteiger partial charge < -0.3 is 84.5 Å². The molecule has 282 valence electrons. The van der Waals surface area contributed by atoms with Crippen molar-refractivity contribution in [2.24, 2.45) is 11.0 Å². The molecule has 3 aliphatic heterocycles. The molecule has 5 unspecified atom stereocenters. The maximum absolute atomic E-state index is 12.4. The molecular weight excluding hydrogens is 664 g/mol. The van der Waals surface area contributed by atoms with E-state index in [0.717, 1.165) is 6.92 Å². The van der Waals surface area contributed by atoms with E-state index < -0.39 is 129 Å². The molecule has 9 N–H and O–H groups in total. The van der Waals surface area contributed by atoms with Gasteiger partial charge in [-0.3, -0.25) is 4.79 Å². The zero-order chi connectivity index (χ0) is 36.6. The minimum Gasteiger partial charge on any atom is -0.544 e. The van der Waals surface area contributed by atoms with E-state index in [2.05, 4.69) is 15.3 Å². The van der Waals surface area contributed by atoms with E-state index in [0.29, 0.717) is 6.42 Å². The zero-order valence-corrected chi connectivity index (χ0v) is 27.2. The summed E-state index contributed by atoms with van der Waals surface area (Å²) in [6, 6.07) is -1.38. The highest BCUT2D eigenvalue weighted by molar-refractivity contribution is 5.75. The number of aliphatic hydroxyl groups is 8. The van der Waals surface area contributed by atoms with E-state index in [1.165, 1.54) is 6.92 Å². The second kappa shape index (κ2) is 18.3. The Morgan fingerprint density at radius 2 is 1.76 bits per heavy atom. The molecule has 3 fully saturated rings. The van der Waals surface area contributed by atoms with Crippen LogP contribution in [-0.4, -0.2) is 171 Å². The summed E-state index contributed by atoms with van der Waals surface area (Å²) in [6.07, 6.45) is -21.6. The average molecular weight is 712 g/mol. The SMILES string of the molecule is CC[C@@H](O)[C@@H](O)C1O[C@@](OCC2O[C@@H](O[C@@H]3C(C)[C@@H](OCCCN=[N+]=[N-])OC(CO)[C@@H]3O)C(O)[C@@H](O)[C@H]2O)(C(=O)[O-])C[C@@H](O)[C@H]1NC(C)=O. The number of hydrogen-bond donors (Lipinski definition) is 9. The fourth-order valence-electron chi connectivity index (χ4n) is 5.92. The standard InChI is InChI=1S/C28H48N4O17/c1-4-13(35)18(37)24-17(31-12(3)34)14(36)8-28(49-24,27(42)43)45-10-16-19(38)21(40)22(41)26(47-16)48-23-11(2)25(44-7-5-6-30-32-29)46-15(9-33)20(23)39/h11,13-26,33,35-41H,4-10H2,1-3H3,(H,31,34)(H,42,43)/p-1/t11?,13-,14-,15?,16?,17-,18-,19+,20+,21+,22?,23-,24?,25+,26+,28-/m1/s1. The van der Waals surface area contributed by atoms with E-state index in [1.54, 1.807) is 6.92 Å². The highest BCUT2D eigenvalue weighted by Crippen LogP contribution is 2.36. The molecule has 0 bridgehead atoms. The number of rotatable bonds is 16. The summed E-state index contributed by atoms with van der Waals surface area (Å²) < 4.78 is 33.9. The fourth-order valence-corrected chi connectivity index (χ4v) is 5.92. The van der Waals surface area contributed by atoms with Crippen LogP contribution < -0.4 is 10.4 Å². The zero-order valence-electron chi connectivity index (χ0n) is 27.2. The number of aliphatic carboxylic acids is 1. The van der Waals surface area contributed by atoms with Crippen LogP contribution in [0.2, 0.25) is 0 Å². The molecule has 21 nitrogen and oxygen atoms in total. The van der Waals surface area contributed by atoms with Crippen molar-refractivity contribution in [2.45, 2.75) is 132 Å². The molecule has 0 saturated carbocycles. The number of carboxylic acid groups (broad SMARTS) is 1. The van der Waals surface area contributed by atoms with Gasteiger partial charge in [-0.2, -0.15) is 0 Å². The average Bonchev–Trinajstić information content (AvgIpc) is 3.06. The summed E-state index contributed by atoms with van der Waals surface area (Å²) in [5.41, 5.74) is 8.43. The summed E-state index contributed by atoms with van der Waals surface area (Å²) in [5, 5.41) is 103. The Morgan fingerprint density at radius 3 is 2.35 bits per heavy atom. The third kappa shape index (κ3) is 9.73. The molecule has 49 heavy (non-hydrogen) atoms. The van der Waals surface area contributed by atoms with Gasteiger partial charge in [-0.05, 0) is 18.4 Å². The van der Waals surface area contributed by atoms with E-state index in [1.807, 2.05) is 0 Å². The Kier molecular flexibility index (Phi) is 15.3. The van der Waals surface area contributed by atoms with Gasteiger partial charge in [-0.25, -0.2) is 0 Å².